The Labute approximate surface area is 160 Å². The van der Waals surface area contributed by atoms with Gasteiger partial charge < -0.3 is 15.0 Å². The van der Waals surface area contributed by atoms with Gasteiger partial charge in [0.1, 0.15) is 11.6 Å². The molecule has 1 aliphatic heterocycles. The van der Waals surface area contributed by atoms with Crippen molar-refractivity contribution in [3.8, 4) is 0 Å². The topological polar surface area (TPSA) is 84.4 Å². The molecule has 1 aromatic heterocycles. The molecule has 9 heteroatoms. The van der Waals surface area contributed by atoms with Gasteiger partial charge >= 0.3 is 0 Å². The van der Waals surface area contributed by atoms with E-state index in [0.717, 1.165) is 24.4 Å². The molecule has 26 heavy (non-hydrogen) atoms. The summed E-state index contributed by atoms with van der Waals surface area (Å²) in [7, 11) is 1.51. The van der Waals surface area contributed by atoms with Crippen LogP contribution in [0.25, 0.3) is 0 Å². The van der Waals surface area contributed by atoms with E-state index in [1.165, 1.54) is 18.4 Å². The standard InChI is InChI=1S/C17H19ClN4O3S/c1-25-10-14(23)22-7-3-4-11(9-22)16-20-21-17(26-16)15(24)19-13-6-2-5-12(18)8-13/h2,5-6,8,11H,3-4,7,9-10H2,1H3,(H,19,24). The lowest BCUT2D eigenvalue weighted by Crippen LogP contribution is -2.40. The van der Waals surface area contributed by atoms with Crippen LogP contribution in [-0.2, 0) is 9.53 Å². The SMILES string of the molecule is COCC(=O)N1CCCC(c2nnc(C(=O)Nc3cccc(Cl)c3)s2)C1. The number of benzene rings is 1. The highest BCUT2D eigenvalue weighted by atomic mass is 35.5. The maximum absolute atomic E-state index is 12.4. The number of piperidine rings is 1. The number of halogens is 1. The van der Waals surface area contributed by atoms with Gasteiger partial charge in [-0.15, -0.1) is 10.2 Å². The number of nitrogens with zero attached hydrogens (tertiary/aromatic N) is 3. The first-order valence-corrected chi connectivity index (χ1v) is 9.43. The lowest BCUT2D eigenvalue weighted by molar-refractivity contribution is -0.136. The second kappa shape index (κ2) is 8.57. The van der Waals surface area contributed by atoms with Gasteiger partial charge in [-0.3, -0.25) is 9.59 Å². The van der Waals surface area contributed by atoms with E-state index in [-0.39, 0.29) is 24.3 Å². The predicted octanol–water partition coefficient (Wildman–Crippen LogP) is 2.80. The third-order valence-corrected chi connectivity index (χ3v) is 5.43. The summed E-state index contributed by atoms with van der Waals surface area (Å²) < 4.78 is 4.92. The zero-order chi connectivity index (χ0) is 18.5. The summed E-state index contributed by atoms with van der Waals surface area (Å²) in [5.74, 6) is -0.255. The fourth-order valence-electron chi connectivity index (χ4n) is 2.86. The first-order chi connectivity index (χ1) is 12.6. The molecular weight excluding hydrogens is 376 g/mol. The Kier molecular flexibility index (Phi) is 6.18. The maximum atomic E-state index is 12.4. The van der Waals surface area contributed by atoms with Crippen LogP contribution in [0, 0.1) is 0 Å². The molecule has 2 aromatic rings. The molecule has 0 radical (unpaired) electrons. The van der Waals surface area contributed by atoms with Gasteiger partial charge in [-0.05, 0) is 31.0 Å². The summed E-state index contributed by atoms with van der Waals surface area (Å²) in [4.78, 5) is 26.1. The van der Waals surface area contributed by atoms with Crippen molar-refractivity contribution in [3.63, 3.8) is 0 Å². The molecule has 2 heterocycles. The molecule has 7 nitrogen and oxygen atoms in total. The molecule has 1 unspecified atom stereocenters. The molecular formula is C17H19ClN4O3S. The lowest BCUT2D eigenvalue weighted by Gasteiger charge is -2.31. The van der Waals surface area contributed by atoms with E-state index >= 15 is 0 Å². The Hall–Kier alpha value is -2.03. The minimum atomic E-state index is -0.320. The fourth-order valence-corrected chi connectivity index (χ4v) is 3.92. The number of aromatic nitrogens is 2. The number of likely N-dealkylation sites (tertiary alicyclic amines) is 1. The molecule has 0 aliphatic carbocycles. The number of hydrogen-bond acceptors (Lipinski definition) is 6. The largest absolute Gasteiger partial charge is 0.375 e. The molecule has 1 saturated heterocycles. The molecule has 138 valence electrons. The second-order valence-electron chi connectivity index (χ2n) is 6.02. The average Bonchev–Trinajstić information content (AvgIpc) is 3.12. The van der Waals surface area contributed by atoms with Crippen molar-refractivity contribution in [3.05, 3.63) is 39.3 Å². The molecule has 1 aromatic carbocycles. The van der Waals surface area contributed by atoms with Crippen LogP contribution >= 0.6 is 22.9 Å². The highest BCUT2D eigenvalue weighted by Gasteiger charge is 2.28. The van der Waals surface area contributed by atoms with Crippen LogP contribution in [0.4, 0.5) is 5.69 Å². The Morgan fingerprint density at radius 3 is 3.04 bits per heavy atom. The number of ether oxygens (including phenoxy) is 1. The van der Waals surface area contributed by atoms with Gasteiger partial charge in [0.15, 0.2) is 0 Å². The van der Waals surface area contributed by atoms with Crippen LogP contribution in [0.3, 0.4) is 0 Å². The highest BCUT2D eigenvalue weighted by Crippen LogP contribution is 2.29. The van der Waals surface area contributed by atoms with E-state index in [9.17, 15) is 9.59 Å². The van der Waals surface area contributed by atoms with Gasteiger partial charge in [0.05, 0.1) is 0 Å². The van der Waals surface area contributed by atoms with E-state index in [0.29, 0.717) is 22.3 Å². The third-order valence-electron chi connectivity index (χ3n) is 4.11. The van der Waals surface area contributed by atoms with Gasteiger partial charge in [-0.2, -0.15) is 0 Å². The molecule has 3 rings (SSSR count). The summed E-state index contributed by atoms with van der Waals surface area (Å²) in [5, 5.41) is 12.6. The number of hydrogen-bond donors (Lipinski definition) is 1. The quantitative estimate of drug-likeness (QED) is 0.842. The maximum Gasteiger partial charge on any atom is 0.286 e. The van der Waals surface area contributed by atoms with Gasteiger partial charge in [0, 0.05) is 36.8 Å². The average molecular weight is 395 g/mol. The minimum absolute atomic E-state index is 0.0272. The summed E-state index contributed by atoms with van der Waals surface area (Å²) in [6.07, 6.45) is 1.81. The Bertz CT molecular complexity index is 798. The van der Waals surface area contributed by atoms with Crippen molar-refractivity contribution in [1.29, 1.82) is 0 Å². The van der Waals surface area contributed by atoms with Crippen LogP contribution in [-0.4, -0.2) is 53.7 Å². The summed E-state index contributed by atoms with van der Waals surface area (Å²) >= 11 is 7.19. The number of anilines is 1. The number of methoxy groups -OCH3 is 1. The number of amides is 2. The van der Waals surface area contributed by atoms with Gasteiger partial charge in [0.25, 0.3) is 5.91 Å². The zero-order valence-corrected chi connectivity index (χ0v) is 15.8. The van der Waals surface area contributed by atoms with Crippen LogP contribution in [0.5, 0.6) is 0 Å². The fraction of sp³-hybridized carbons (Fsp3) is 0.412. The molecule has 1 fully saturated rings. The molecule has 0 spiro atoms. The summed E-state index contributed by atoms with van der Waals surface area (Å²) in [6.45, 7) is 1.38. The van der Waals surface area contributed by atoms with E-state index in [1.807, 2.05) is 0 Å². The Morgan fingerprint density at radius 1 is 1.42 bits per heavy atom. The minimum Gasteiger partial charge on any atom is -0.375 e. The van der Waals surface area contributed by atoms with Crippen LogP contribution in [0.15, 0.2) is 24.3 Å². The van der Waals surface area contributed by atoms with Gasteiger partial charge in [-0.25, -0.2) is 0 Å². The monoisotopic (exact) mass is 394 g/mol. The van der Waals surface area contributed by atoms with E-state index in [2.05, 4.69) is 15.5 Å². The van der Waals surface area contributed by atoms with E-state index < -0.39 is 0 Å². The number of rotatable bonds is 5. The van der Waals surface area contributed by atoms with E-state index in [4.69, 9.17) is 16.3 Å². The van der Waals surface area contributed by atoms with Crippen molar-refractivity contribution >= 4 is 40.4 Å². The highest BCUT2D eigenvalue weighted by molar-refractivity contribution is 7.13. The van der Waals surface area contributed by atoms with Gasteiger partial charge in [0.2, 0.25) is 10.9 Å². The third kappa shape index (κ3) is 4.57. The Balaban J connectivity index is 1.65. The molecule has 0 bridgehead atoms. The van der Waals surface area contributed by atoms with Crippen molar-refractivity contribution in [2.45, 2.75) is 18.8 Å². The van der Waals surface area contributed by atoms with Crippen molar-refractivity contribution < 1.29 is 14.3 Å². The zero-order valence-electron chi connectivity index (χ0n) is 14.3. The number of carbonyl (C=O) groups is 2. The molecule has 1 atom stereocenters. The van der Waals surface area contributed by atoms with Crippen LogP contribution in [0.1, 0.15) is 33.6 Å². The normalized spacial score (nSPS) is 17.2. The van der Waals surface area contributed by atoms with Crippen LogP contribution in [0.2, 0.25) is 5.02 Å². The van der Waals surface area contributed by atoms with Crippen LogP contribution < -0.4 is 5.32 Å². The number of carbonyl (C=O) groups excluding carboxylic acids is 2. The number of nitrogens with one attached hydrogen (secondary N) is 1. The molecule has 2 amide bonds. The Morgan fingerprint density at radius 2 is 2.27 bits per heavy atom. The first kappa shape index (κ1) is 18.8. The van der Waals surface area contributed by atoms with Crippen molar-refractivity contribution in [2.75, 3.05) is 32.1 Å². The summed E-state index contributed by atoms with van der Waals surface area (Å²) in [6, 6.07) is 6.92. The van der Waals surface area contributed by atoms with Crippen molar-refractivity contribution in [1.82, 2.24) is 15.1 Å². The molecule has 1 N–H and O–H groups in total. The second-order valence-corrected chi connectivity index (χ2v) is 7.47. The molecule has 0 saturated carbocycles. The van der Waals surface area contributed by atoms with Gasteiger partial charge in [-0.1, -0.05) is 29.0 Å². The predicted molar refractivity (Wildman–Crippen MR) is 99.7 cm³/mol. The lowest BCUT2D eigenvalue weighted by atomic mass is 9.99. The first-order valence-electron chi connectivity index (χ1n) is 8.24. The summed E-state index contributed by atoms with van der Waals surface area (Å²) in [5.41, 5.74) is 0.605. The molecule has 1 aliphatic rings. The van der Waals surface area contributed by atoms with E-state index in [1.54, 1.807) is 29.2 Å². The smallest absolute Gasteiger partial charge is 0.286 e. The van der Waals surface area contributed by atoms with Crippen molar-refractivity contribution in [2.24, 2.45) is 0 Å².